The summed E-state index contributed by atoms with van der Waals surface area (Å²) in [4.78, 5) is 17.9. The largest absolute Gasteiger partial charge is 0.483 e. The van der Waals surface area contributed by atoms with Gasteiger partial charge in [0, 0.05) is 42.7 Å². The zero-order valence-corrected chi connectivity index (χ0v) is 18.0. The molecule has 0 atom stereocenters. The van der Waals surface area contributed by atoms with E-state index in [1.165, 1.54) is 5.69 Å². The Bertz CT molecular complexity index is 1090. The van der Waals surface area contributed by atoms with E-state index in [0.29, 0.717) is 24.2 Å². The zero-order chi connectivity index (χ0) is 22.0. The normalized spacial score (nSPS) is 14.3. The van der Waals surface area contributed by atoms with Gasteiger partial charge in [-0.2, -0.15) is 5.10 Å². The molecule has 1 saturated heterocycles. The van der Waals surface area contributed by atoms with Crippen molar-refractivity contribution < 1.29 is 14.3 Å². The predicted octanol–water partition coefficient (Wildman–Crippen LogP) is 2.49. The number of benzene rings is 1. The highest BCUT2D eigenvalue weighted by atomic mass is 16.5. The first-order valence-corrected chi connectivity index (χ1v) is 10.2. The van der Waals surface area contributed by atoms with E-state index in [1.54, 1.807) is 13.3 Å². The number of aryl methyl sites for hydroxylation is 2. The summed E-state index contributed by atoms with van der Waals surface area (Å²) in [6.07, 6.45) is 1.70. The van der Waals surface area contributed by atoms with Crippen LogP contribution in [0.15, 0.2) is 42.6 Å². The molecule has 0 saturated carbocycles. The maximum absolute atomic E-state index is 11.2. The lowest BCUT2D eigenvalue weighted by molar-refractivity contribution is -0.119. The number of pyridine rings is 1. The Morgan fingerprint density at radius 1 is 1.23 bits per heavy atom. The fourth-order valence-electron chi connectivity index (χ4n) is 4.02. The third kappa shape index (κ3) is 4.54. The van der Waals surface area contributed by atoms with Gasteiger partial charge in [0.15, 0.2) is 6.61 Å². The minimum absolute atomic E-state index is 0.156. The van der Waals surface area contributed by atoms with Gasteiger partial charge in [-0.25, -0.2) is 4.98 Å². The maximum Gasteiger partial charge on any atom is 0.255 e. The monoisotopic (exact) mass is 421 g/mol. The summed E-state index contributed by atoms with van der Waals surface area (Å²) in [6.45, 7) is 6.44. The van der Waals surface area contributed by atoms with E-state index in [4.69, 9.17) is 15.2 Å². The molecule has 2 aromatic heterocycles. The Balaban J connectivity index is 1.55. The van der Waals surface area contributed by atoms with Crippen molar-refractivity contribution in [3.05, 3.63) is 59.5 Å². The predicted molar refractivity (Wildman–Crippen MR) is 117 cm³/mol. The van der Waals surface area contributed by atoms with Gasteiger partial charge in [0.1, 0.15) is 5.75 Å². The molecule has 8 heteroatoms. The van der Waals surface area contributed by atoms with E-state index in [0.717, 1.165) is 35.5 Å². The number of primary amides is 1. The number of rotatable bonds is 8. The van der Waals surface area contributed by atoms with Gasteiger partial charge in [-0.3, -0.25) is 14.4 Å². The van der Waals surface area contributed by atoms with Crippen molar-refractivity contribution in [2.75, 3.05) is 26.8 Å². The fraction of sp³-hybridized carbons (Fsp3) is 0.348. The third-order valence-corrected chi connectivity index (χ3v) is 5.43. The summed E-state index contributed by atoms with van der Waals surface area (Å²) in [6, 6.07) is 12.2. The van der Waals surface area contributed by atoms with Gasteiger partial charge in [-0.05, 0) is 49.7 Å². The van der Waals surface area contributed by atoms with Crippen molar-refractivity contribution in [3.8, 4) is 22.8 Å². The van der Waals surface area contributed by atoms with Crippen molar-refractivity contribution in [3.63, 3.8) is 0 Å². The first-order chi connectivity index (χ1) is 14.9. The van der Waals surface area contributed by atoms with Crippen LogP contribution >= 0.6 is 0 Å². The molecule has 1 aromatic carbocycles. The van der Waals surface area contributed by atoms with Gasteiger partial charge in [-0.15, -0.1) is 0 Å². The summed E-state index contributed by atoms with van der Waals surface area (Å²) in [5.41, 5.74) is 10.4. The molecule has 0 radical (unpaired) electrons. The van der Waals surface area contributed by atoms with Gasteiger partial charge in [0.05, 0.1) is 18.8 Å². The summed E-state index contributed by atoms with van der Waals surface area (Å²) in [7, 11) is 1.61. The quantitative estimate of drug-likeness (QED) is 0.600. The van der Waals surface area contributed by atoms with E-state index in [-0.39, 0.29) is 6.61 Å². The number of likely N-dealkylation sites (tertiary alicyclic amines) is 1. The maximum atomic E-state index is 11.2. The van der Waals surface area contributed by atoms with Gasteiger partial charge in [0.2, 0.25) is 5.88 Å². The first kappa shape index (κ1) is 20.9. The molecule has 0 bridgehead atoms. The molecular weight excluding hydrogens is 394 g/mol. The number of hydrogen-bond donors (Lipinski definition) is 1. The smallest absolute Gasteiger partial charge is 0.255 e. The van der Waals surface area contributed by atoms with Crippen LogP contribution in [0.1, 0.15) is 23.0 Å². The lowest BCUT2D eigenvalue weighted by Gasteiger charge is -2.40. The van der Waals surface area contributed by atoms with Crippen molar-refractivity contribution in [1.82, 2.24) is 19.7 Å². The second-order valence-electron chi connectivity index (χ2n) is 7.86. The number of ether oxygens (including phenoxy) is 2. The summed E-state index contributed by atoms with van der Waals surface area (Å²) >= 11 is 0. The molecule has 3 aromatic rings. The minimum atomic E-state index is -0.502. The molecule has 31 heavy (non-hydrogen) atoms. The Morgan fingerprint density at radius 3 is 2.71 bits per heavy atom. The second-order valence-corrected chi connectivity index (χ2v) is 7.86. The Kier molecular flexibility index (Phi) is 5.90. The minimum Gasteiger partial charge on any atom is -0.483 e. The molecule has 1 amide bonds. The topological polar surface area (TPSA) is 95.5 Å². The lowest BCUT2D eigenvalue weighted by Crippen LogP contribution is -2.47. The van der Waals surface area contributed by atoms with Crippen LogP contribution < -0.4 is 15.2 Å². The van der Waals surface area contributed by atoms with Crippen LogP contribution in [0.5, 0.6) is 11.6 Å². The number of methoxy groups -OCH3 is 1. The van der Waals surface area contributed by atoms with Gasteiger partial charge < -0.3 is 15.2 Å². The molecule has 1 fully saturated rings. The van der Waals surface area contributed by atoms with E-state index in [1.807, 2.05) is 31.2 Å². The number of carbonyl (C=O) groups excluding carboxylic acids is 1. The molecule has 1 aliphatic heterocycles. The molecule has 0 unspecified atom stereocenters. The van der Waals surface area contributed by atoms with Crippen LogP contribution in [-0.2, 0) is 11.3 Å². The van der Waals surface area contributed by atoms with Crippen molar-refractivity contribution in [2.45, 2.75) is 26.4 Å². The van der Waals surface area contributed by atoms with Crippen LogP contribution in [0, 0.1) is 13.8 Å². The summed E-state index contributed by atoms with van der Waals surface area (Å²) in [5.74, 6) is 0.713. The highest BCUT2D eigenvalue weighted by Crippen LogP contribution is 2.33. The number of carbonyl (C=O) groups is 1. The number of aromatic nitrogens is 3. The Labute approximate surface area is 181 Å². The Hall–Kier alpha value is -3.39. The molecule has 162 valence electrons. The molecule has 3 heterocycles. The Morgan fingerprint density at radius 2 is 2.03 bits per heavy atom. The van der Waals surface area contributed by atoms with Crippen molar-refractivity contribution >= 4 is 5.91 Å². The van der Waals surface area contributed by atoms with Crippen molar-refractivity contribution in [2.24, 2.45) is 5.73 Å². The zero-order valence-electron chi connectivity index (χ0n) is 18.0. The summed E-state index contributed by atoms with van der Waals surface area (Å²) < 4.78 is 13.2. The summed E-state index contributed by atoms with van der Waals surface area (Å²) in [5, 5.41) is 4.61. The standard InChI is InChI=1S/C23H27N5O3/c1-15-9-16(2)28(26-15)19-12-27(13-19)11-18-10-17(6-7-21(18)31-14-22(24)29)20-5-4-8-25-23(20)30-3/h4-10,19H,11-14H2,1-3H3,(H2,24,29). The van der Waals surface area contributed by atoms with Gasteiger partial charge >= 0.3 is 0 Å². The average molecular weight is 422 g/mol. The fourth-order valence-corrected chi connectivity index (χ4v) is 4.02. The highest BCUT2D eigenvalue weighted by Gasteiger charge is 2.30. The van der Waals surface area contributed by atoms with E-state index in [2.05, 4.69) is 38.7 Å². The van der Waals surface area contributed by atoms with Crippen LogP contribution in [0.2, 0.25) is 0 Å². The molecule has 4 rings (SSSR count). The molecule has 0 spiro atoms. The lowest BCUT2D eigenvalue weighted by atomic mass is 10.0. The molecular formula is C23H27N5O3. The third-order valence-electron chi connectivity index (χ3n) is 5.43. The van der Waals surface area contributed by atoms with Crippen LogP contribution in [0.25, 0.3) is 11.1 Å². The second kappa shape index (κ2) is 8.77. The van der Waals surface area contributed by atoms with E-state index in [9.17, 15) is 4.79 Å². The van der Waals surface area contributed by atoms with Gasteiger partial charge in [0.25, 0.3) is 5.91 Å². The average Bonchev–Trinajstić information content (AvgIpc) is 3.06. The molecule has 8 nitrogen and oxygen atoms in total. The molecule has 0 aliphatic carbocycles. The van der Waals surface area contributed by atoms with E-state index < -0.39 is 5.91 Å². The van der Waals surface area contributed by atoms with Gasteiger partial charge in [-0.1, -0.05) is 6.07 Å². The number of nitrogens with zero attached hydrogens (tertiary/aromatic N) is 4. The first-order valence-electron chi connectivity index (χ1n) is 10.2. The van der Waals surface area contributed by atoms with Crippen LogP contribution in [-0.4, -0.2) is 52.4 Å². The number of nitrogens with two attached hydrogens (primary N) is 1. The molecule has 1 aliphatic rings. The van der Waals surface area contributed by atoms with Crippen LogP contribution in [0.4, 0.5) is 0 Å². The molecule has 2 N–H and O–H groups in total. The highest BCUT2D eigenvalue weighted by molar-refractivity contribution is 5.75. The number of hydrogen-bond acceptors (Lipinski definition) is 6. The van der Waals surface area contributed by atoms with Crippen molar-refractivity contribution in [1.29, 1.82) is 0 Å². The van der Waals surface area contributed by atoms with E-state index >= 15 is 0 Å². The van der Waals surface area contributed by atoms with Crippen LogP contribution in [0.3, 0.4) is 0 Å². The SMILES string of the molecule is COc1ncccc1-c1ccc(OCC(N)=O)c(CN2CC(n3nc(C)cc3C)C2)c1. The number of amides is 1.